The highest BCUT2D eigenvalue weighted by molar-refractivity contribution is 7.12. The Bertz CT molecular complexity index is 479. The predicted octanol–water partition coefficient (Wildman–Crippen LogP) is 1.68. The van der Waals surface area contributed by atoms with E-state index in [0.29, 0.717) is 10.2 Å². The van der Waals surface area contributed by atoms with Gasteiger partial charge in [0.25, 0.3) is 0 Å². The van der Waals surface area contributed by atoms with Gasteiger partial charge >= 0.3 is 5.97 Å². The SMILES string of the molecule is O=C(O)c1csc(-n2cc(Cl)cn2)n1. The molecule has 7 heteroatoms. The average Bonchev–Trinajstić information content (AvgIpc) is 2.70. The van der Waals surface area contributed by atoms with Crippen LogP contribution in [-0.4, -0.2) is 25.8 Å². The molecule has 14 heavy (non-hydrogen) atoms. The lowest BCUT2D eigenvalue weighted by molar-refractivity contribution is 0.0691. The van der Waals surface area contributed by atoms with Crippen molar-refractivity contribution in [1.29, 1.82) is 0 Å². The topological polar surface area (TPSA) is 68.0 Å². The van der Waals surface area contributed by atoms with E-state index in [-0.39, 0.29) is 5.69 Å². The molecule has 0 aliphatic rings. The molecule has 2 aromatic heterocycles. The molecule has 0 radical (unpaired) electrons. The maximum Gasteiger partial charge on any atom is 0.355 e. The van der Waals surface area contributed by atoms with Crippen molar-refractivity contribution in [3.63, 3.8) is 0 Å². The molecular weight excluding hydrogens is 226 g/mol. The second-order valence-electron chi connectivity index (χ2n) is 2.42. The first-order valence-electron chi connectivity index (χ1n) is 3.56. The van der Waals surface area contributed by atoms with Gasteiger partial charge in [-0.2, -0.15) is 5.10 Å². The first-order chi connectivity index (χ1) is 6.66. The van der Waals surface area contributed by atoms with Gasteiger partial charge in [-0.15, -0.1) is 11.3 Å². The molecule has 0 spiro atoms. The molecule has 0 fully saturated rings. The van der Waals surface area contributed by atoms with Gasteiger partial charge in [0.1, 0.15) is 0 Å². The van der Waals surface area contributed by atoms with Gasteiger partial charge in [0.2, 0.25) is 5.13 Å². The van der Waals surface area contributed by atoms with Crippen molar-refractivity contribution in [2.75, 3.05) is 0 Å². The molecule has 0 aliphatic carbocycles. The van der Waals surface area contributed by atoms with Crippen LogP contribution in [0.15, 0.2) is 17.8 Å². The van der Waals surface area contributed by atoms with Gasteiger partial charge < -0.3 is 5.11 Å². The summed E-state index contributed by atoms with van der Waals surface area (Å²) in [6, 6.07) is 0. The van der Waals surface area contributed by atoms with Crippen LogP contribution in [0.5, 0.6) is 0 Å². The van der Waals surface area contributed by atoms with Gasteiger partial charge in [-0.05, 0) is 0 Å². The van der Waals surface area contributed by atoms with Crippen molar-refractivity contribution in [3.8, 4) is 5.13 Å². The van der Waals surface area contributed by atoms with E-state index in [1.165, 1.54) is 27.6 Å². The number of carboxylic acids is 1. The molecule has 0 saturated carbocycles. The smallest absolute Gasteiger partial charge is 0.355 e. The Morgan fingerprint density at radius 2 is 2.43 bits per heavy atom. The largest absolute Gasteiger partial charge is 0.476 e. The van der Waals surface area contributed by atoms with E-state index >= 15 is 0 Å². The number of thiazole rings is 1. The number of rotatable bonds is 2. The predicted molar refractivity (Wildman–Crippen MR) is 51.2 cm³/mol. The van der Waals surface area contributed by atoms with Crippen LogP contribution < -0.4 is 0 Å². The van der Waals surface area contributed by atoms with Crippen LogP contribution in [-0.2, 0) is 0 Å². The highest BCUT2D eigenvalue weighted by Gasteiger charge is 2.10. The lowest BCUT2D eigenvalue weighted by Crippen LogP contribution is -1.98. The van der Waals surface area contributed by atoms with E-state index in [9.17, 15) is 4.79 Å². The van der Waals surface area contributed by atoms with Gasteiger partial charge in [-0.25, -0.2) is 14.5 Å². The molecule has 0 amide bonds. The van der Waals surface area contributed by atoms with Crippen LogP contribution in [0.25, 0.3) is 5.13 Å². The van der Waals surface area contributed by atoms with E-state index in [2.05, 4.69) is 10.1 Å². The third-order valence-electron chi connectivity index (χ3n) is 1.46. The number of hydrogen-bond donors (Lipinski definition) is 1. The minimum Gasteiger partial charge on any atom is -0.476 e. The summed E-state index contributed by atoms with van der Waals surface area (Å²) in [5.74, 6) is -1.05. The second kappa shape index (κ2) is 3.39. The molecular formula is C7H4ClN3O2S. The zero-order valence-electron chi connectivity index (χ0n) is 6.72. The third kappa shape index (κ3) is 1.61. The highest BCUT2D eigenvalue weighted by atomic mass is 35.5. The average molecular weight is 230 g/mol. The number of hydrogen-bond acceptors (Lipinski definition) is 4. The van der Waals surface area contributed by atoms with Crippen LogP contribution in [0, 0.1) is 0 Å². The number of aromatic carboxylic acids is 1. The Labute approximate surface area is 87.6 Å². The van der Waals surface area contributed by atoms with Gasteiger partial charge in [0.15, 0.2) is 5.69 Å². The van der Waals surface area contributed by atoms with Gasteiger partial charge in [0, 0.05) is 5.38 Å². The zero-order chi connectivity index (χ0) is 10.1. The minimum atomic E-state index is -1.05. The fourth-order valence-corrected chi connectivity index (χ4v) is 1.74. The lowest BCUT2D eigenvalue weighted by atomic mass is 10.5. The monoisotopic (exact) mass is 229 g/mol. The molecule has 0 bridgehead atoms. The van der Waals surface area contributed by atoms with Crippen LogP contribution in [0.2, 0.25) is 5.02 Å². The number of carbonyl (C=O) groups is 1. The van der Waals surface area contributed by atoms with E-state index in [1.807, 2.05) is 0 Å². The lowest BCUT2D eigenvalue weighted by Gasteiger charge is -1.91. The summed E-state index contributed by atoms with van der Waals surface area (Å²) in [5, 5.41) is 15.0. The second-order valence-corrected chi connectivity index (χ2v) is 3.70. The van der Waals surface area contributed by atoms with E-state index in [0.717, 1.165) is 0 Å². The van der Waals surface area contributed by atoms with Crippen LogP contribution >= 0.6 is 22.9 Å². The van der Waals surface area contributed by atoms with E-state index < -0.39 is 5.97 Å². The quantitative estimate of drug-likeness (QED) is 0.851. The molecule has 1 N–H and O–H groups in total. The highest BCUT2D eigenvalue weighted by Crippen LogP contribution is 2.16. The first-order valence-corrected chi connectivity index (χ1v) is 4.82. The number of nitrogens with zero attached hydrogens (tertiary/aromatic N) is 3. The van der Waals surface area contributed by atoms with Crippen molar-refractivity contribution in [3.05, 3.63) is 28.5 Å². The molecule has 2 heterocycles. The molecule has 0 atom stereocenters. The Morgan fingerprint density at radius 3 is 2.93 bits per heavy atom. The summed E-state index contributed by atoms with van der Waals surface area (Å²) < 4.78 is 1.43. The Kier molecular flexibility index (Phi) is 2.22. The van der Waals surface area contributed by atoms with Crippen LogP contribution in [0.4, 0.5) is 0 Å². The molecule has 2 aromatic rings. The van der Waals surface area contributed by atoms with Crippen molar-refractivity contribution in [1.82, 2.24) is 14.8 Å². The number of carboxylic acid groups (broad SMARTS) is 1. The first kappa shape index (κ1) is 9.17. The summed E-state index contributed by atoms with van der Waals surface area (Å²) in [4.78, 5) is 14.4. The van der Waals surface area contributed by atoms with Gasteiger partial charge in [-0.3, -0.25) is 0 Å². The molecule has 72 valence electrons. The molecule has 0 unspecified atom stereocenters. The minimum absolute atomic E-state index is 0.0108. The number of aromatic nitrogens is 3. The molecule has 0 aliphatic heterocycles. The van der Waals surface area contributed by atoms with E-state index in [1.54, 1.807) is 6.20 Å². The summed E-state index contributed by atoms with van der Waals surface area (Å²) in [7, 11) is 0. The Balaban J connectivity index is 2.38. The maximum absolute atomic E-state index is 10.5. The van der Waals surface area contributed by atoms with Crippen molar-refractivity contribution >= 4 is 28.9 Å². The summed E-state index contributed by atoms with van der Waals surface area (Å²) in [6.45, 7) is 0. The van der Waals surface area contributed by atoms with Gasteiger partial charge in [0.05, 0.1) is 17.4 Å². The summed E-state index contributed by atoms with van der Waals surface area (Å²) in [5.41, 5.74) is 0.0108. The molecule has 0 aromatic carbocycles. The van der Waals surface area contributed by atoms with Crippen molar-refractivity contribution < 1.29 is 9.90 Å². The zero-order valence-corrected chi connectivity index (χ0v) is 8.29. The Morgan fingerprint density at radius 1 is 1.64 bits per heavy atom. The normalized spacial score (nSPS) is 10.4. The standard InChI is InChI=1S/C7H4ClN3O2S/c8-4-1-9-11(2-4)7-10-5(3-14-7)6(12)13/h1-3H,(H,12,13). The van der Waals surface area contributed by atoms with Crippen molar-refractivity contribution in [2.24, 2.45) is 0 Å². The fourth-order valence-electron chi connectivity index (χ4n) is 0.873. The fraction of sp³-hybridized carbons (Fsp3) is 0. The number of halogens is 1. The maximum atomic E-state index is 10.5. The van der Waals surface area contributed by atoms with Crippen LogP contribution in [0.3, 0.4) is 0 Å². The van der Waals surface area contributed by atoms with E-state index in [4.69, 9.17) is 16.7 Å². The molecule has 5 nitrogen and oxygen atoms in total. The third-order valence-corrected chi connectivity index (χ3v) is 2.48. The molecule has 0 saturated heterocycles. The van der Waals surface area contributed by atoms with Crippen molar-refractivity contribution in [2.45, 2.75) is 0 Å². The van der Waals surface area contributed by atoms with Gasteiger partial charge in [-0.1, -0.05) is 11.6 Å². The Hall–Kier alpha value is -1.40. The summed E-state index contributed by atoms with van der Waals surface area (Å²) in [6.07, 6.45) is 3.02. The summed E-state index contributed by atoms with van der Waals surface area (Å²) >= 11 is 6.85. The molecule has 2 rings (SSSR count). The van der Waals surface area contributed by atoms with Crippen LogP contribution in [0.1, 0.15) is 10.5 Å².